The van der Waals surface area contributed by atoms with Crippen LogP contribution in [0, 0.1) is 5.82 Å². The zero-order valence-electron chi connectivity index (χ0n) is 20.9. The number of rotatable bonds is 6. The average molecular weight is 513 g/mol. The van der Waals surface area contributed by atoms with Crippen molar-refractivity contribution in [3.05, 3.63) is 65.0 Å². The Balaban J connectivity index is 1.87. The monoisotopic (exact) mass is 512 g/mol. The van der Waals surface area contributed by atoms with Crippen molar-refractivity contribution < 1.29 is 22.9 Å². The lowest BCUT2D eigenvalue weighted by Crippen LogP contribution is -2.38. The fourth-order valence-electron chi connectivity index (χ4n) is 4.72. The highest BCUT2D eigenvalue weighted by molar-refractivity contribution is 7.95. The van der Waals surface area contributed by atoms with Crippen molar-refractivity contribution >= 4 is 40.7 Å². The van der Waals surface area contributed by atoms with Crippen molar-refractivity contribution in [1.82, 2.24) is 10.2 Å². The Morgan fingerprint density at radius 3 is 2.61 bits per heavy atom. The van der Waals surface area contributed by atoms with Crippen LogP contribution in [0.4, 0.5) is 10.1 Å². The van der Waals surface area contributed by atoms with Crippen LogP contribution in [0.1, 0.15) is 48.5 Å². The highest BCUT2D eigenvalue weighted by Gasteiger charge is 2.30. The van der Waals surface area contributed by atoms with E-state index in [4.69, 9.17) is 8.97 Å². The number of nitrogens with zero attached hydrogens (tertiary/aromatic N) is 2. The fourth-order valence-corrected chi connectivity index (χ4v) is 4.98. The summed E-state index contributed by atoms with van der Waals surface area (Å²) in [6, 6.07) is 9.64. The topological polar surface area (TPSA) is 88.7 Å². The van der Waals surface area contributed by atoms with Crippen LogP contribution in [-0.2, 0) is 4.79 Å². The van der Waals surface area contributed by atoms with Gasteiger partial charge in [-0.1, -0.05) is 5.57 Å². The van der Waals surface area contributed by atoms with E-state index >= 15 is 0 Å². The second-order valence-electron chi connectivity index (χ2n) is 9.23. The van der Waals surface area contributed by atoms with Crippen molar-refractivity contribution in [3.8, 4) is 11.3 Å². The van der Waals surface area contributed by atoms with Gasteiger partial charge in [0.15, 0.2) is 0 Å². The third-order valence-corrected chi connectivity index (χ3v) is 6.93. The van der Waals surface area contributed by atoms with Crippen molar-refractivity contribution in [3.63, 3.8) is 0 Å². The van der Waals surface area contributed by atoms with Crippen LogP contribution in [0.25, 0.3) is 22.3 Å². The molecule has 2 heterocycles. The largest absolute Gasteiger partial charge is 0.455 e. The first-order chi connectivity index (χ1) is 17.2. The van der Waals surface area contributed by atoms with Gasteiger partial charge in [0.05, 0.1) is 11.3 Å². The molecule has 1 fully saturated rings. The molecule has 9 heteroatoms. The van der Waals surface area contributed by atoms with E-state index < -0.39 is 0 Å². The van der Waals surface area contributed by atoms with Crippen molar-refractivity contribution in [2.24, 2.45) is 0 Å². The number of piperidine rings is 1. The van der Waals surface area contributed by atoms with Crippen LogP contribution >= 0.6 is 12.2 Å². The van der Waals surface area contributed by atoms with E-state index in [-0.39, 0.29) is 23.5 Å². The maximum atomic E-state index is 13.6. The van der Waals surface area contributed by atoms with Gasteiger partial charge in [-0.2, -0.15) is 0 Å². The summed E-state index contributed by atoms with van der Waals surface area (Å²) in [7, 11) is 3.37. The van der Waals surface area contributed by atoms with Crippen molar-refractivity contribution in [2.75, 3.05) is 31.5 Å². The van der Waals surface area contributed by atoms with Gasteiger partial charge in [-0.05, 0) is 62.6 Å². The molecule has 0 unspecified atom stereocenters. The predicted octanol–water partition coefficient (Wildman–Crippen LogP) is 4.99. The first-order valence-electron chi connectivity index (χ1n) is 11.8. The SMILES string of the molecule is CNC(=O)c1c(-c2ccc(F)cc2)oc2cc(N(C)S[OH2+])c([C@@H]3CCCN(C(=O)C=C(C)C)C3)cc12. The molecule has 1 aliphatic heterocycles. The number of anilines is 1. The first kappa shape index (κ1) is 25.8. The van der Waals surface area contributed by atoms with Gasteiger partial charge in [-0.15, -0.1) is 0 Å². The zero-order valence-corrected chi connectivity index (χ0v) is 21.7. The number of furan rings is 1. The number of carbonyl (C=O) groups is 2. The predicted molar refractivity (Wildman–Crippen MR) is 143 cm³/mol. The smallest absolute Gasteiger partial charge is 0.318 e. The highest BCUT2D eigenvalue weighted by atomic mass is 32.2. The van der Waals surface area contributed by atoms with E-state index in [2.05, 4.69) is 5.32 Å². The highest BCUT2D eigenvalue weighted by Crippen LogP contribution is 2.42. The molecule has 0 aliphatic carbocycles. The number of benzene rings is 2. The molecule has 1 aromatic heterocycles. The van der Waals surface area contributed by atoms with Crippen LogP contribution in [0.5, 0.6) is 0 Å². The summed E-state index contributed by atoms with van der Waals surface area (Å²) in [6.45, 7) is 5.06. The summed E-state index contributed by atoms with van der Waals surface area (Å²) in [5.41, 5.74) is 4.18. The second kappa shape index (κ2) is 10.8. The minimum absolute atomic E-state index is 0.00138. The molecule has 3 N–H and O–H groups in total. The van der Waals surface area contributed by atoms with Crippen LogP contribution in [0.15, 0.2) is 52.5 Å². The molecule has 0 bridgehead atoms. The number of fused-ring (bicyclic) bond motifs is 1. The van der Waals surface area contributed by atoms with E-state index in [0.717, 1.165) is 41.9 Å². The lowest BCUT2D eigenvalue weighted by atomic mass is 9.88. The molecule has 3 aromatic rings. The van der Waals surface area contributed by atoms with Gasteiger partial charge >= 0.3 is 12.2 Å². The van der Waals surface area contributed by atoms with E-state index in [1.807, 2.05) is 30.9 Å². The third kappa shape index (κ3) is 5.12. The lowest BCUT2D eigenvalue weighted by molar-refractivity contribution is -0.127. The Kier molecular flexibility index (Phi) is 7.70. The molecule has 1 atom stereocenters. The number of likely N-dealkylation sites (tertiary alicyclic amines) is 1. The number of hydrogen-bond donors (Lipinski definition) is 1. The third-order valence-electron chi connectivity index (χ3n) is 6.46. The van der Waals surface area contributed by atoms with Gasteiger partial charge < -0.3 is 19.2 Å². The van der Waals surface area contributed by atoms with Crippen molar-refractivity contribution in [2.45, 2.75) is 32.6 Å². The first-order valence-corrected chi connectivity index (χ1v) is 12.6. The van der Waals surface area contributed by atoms with Gasteiger partial charge in [0.25, 0.3) is 5.91 Å². The van der Waals surface area contributed by atoms with E-state index in [1.54, 1.807) is 36.6 Å². The maximum Gasteiger partial charge on any atom is 0.318 e. The molecule has 0 saturated carbocycles. The number of nitrogens with one attached hydrogen (secondary N) is 1. The average Bonchev–Trinajstić information content (AvgIpc) is 3.25. The van der Waals surface area contributed by atoms with Crippen LogP contribution in [0.2, 0.25) is 0 Å². The molecule has 0 radical (unpaired) electrons. The molecule has 0 spiro atoms. The minimum Gasteiger partial charge on any atom is -0.455 e. The Morgan fingerprint density at radius 2 is 1.97 bits per heavy atom. The van der Waals surface area contributed by atoms with E-state index in [9.17, 15) is 14.0 Å². The van der Waals surface area contributed by atoms with Gasteiger partial charge in [0.2, 0.25) is 5.91 Å². The maximum absolute atomic E-state index is 13.6. The summed E-state index contributed by atoms with van der Waals surface area (Å²) >= 11 is 0.831. The second-order valence-corrected chi connectivity index (χ2v) is 9.96. The van der Waals surface area contributed by atoms with Crippen LogP contribution in [-0.4, -0.2) is 48.5 Å². The number of hydrogen-bond acceptors (Lipinski definition) is 5. The fraction of sp³-hybridized carbons (Fsp3) is 0.333. The molecule has 2 aromatic carbocycles. The molecule has 4 rings (SSSR count). The minimum atomic E-state index is -0.375. The number of carbonyl (C=O) groups excluding carboxylic acids is 2. The molecule has 190 valence electrons. The number of allylic oxidation sites excluding steroid dienone is 1. The van der Waals surface area contributed by atoms with Gasteiger partial charge in [-0.3, -0.25) is 13.9 Å². The van der Waals surface area contributed by atoms with Crippen LogP contribution < -0.4 is 9.62 Å². The number of amides is 2. The van der Waals surface area contributed by atoms with E-state index in [0.29, 0.717) is 40.9 Å². The summed E-state index contributed by atoms with van der Waals surface area (Å²) in [4.78, 5) is 27.6. The summed E-state index contributed by atoms with van der Waals surface area (Å²) in [6.07, 6.45) is 3.40. The van der Waals surface area contributed by atoms with Gasteiger partial charge in [-0.25, -0.2) is 4.39 Å². The summed E-state index contributed by atoms with van der Waals surface area (Å²) < 4.78 is 29.4. The Bertz CT molecular complexity index is 1310. The molecular formula is C27H31FN3O4S+. The Hall–Kier alpha value is -3.30. The summed E-state index contributed by atoms with van der Waals surface area (Å²) in [5, 5.41) is 3.33. The zero-order chi connectivity index (χ0) is 26.0. The molecular weight excluding hydrogens is 481 g/mol. The molecule has 36 heavy (non-hydrogen) atoms. The van der Waals surface area contributed by atoms with Crippen LogP contribution in [0.3, 0.4) is 0 Å². The van der Waals surface area contributed by atoms with Crippen molar-refractivity contribution in [1.29, 1.82) is 0 Å². The molecule has 7 nitrogen and oxygen atoms in total. The van der Waals surface area contributed by atoms with Gasteiger partial charge in [0, 0.05) is 56.2 Å². The Morgan fingerprint density at radius 1 is 1.25 bits per heavy atom. The molecule has 2 amide bonds. The number of halogens is 1. The quantitative estimate of drug-likeness (QED) is 0.217. The molecule has 1 aliphatic rings. The lowest BCUT2D eigenvalue weighted by Gasteiger charge is -2.34. The standard InChI is InChI=1S/C27H30FN3O4S/c1-16(2)12-24(32)31-11-5-6-18(15-31)20-13-21-23(14-22(20)30(4)36-34)35-26(25(21)27(33)29-3)17-7-9-19(28)10-8-17/h7-10,12-14,18,34H,5-6,11,15H2,1-4H3,(H,29,33)/p+1/t18-/m1/s1. The van der Waals surface area contributed by atoms with E-state index in [1.165, 1.54) is 12.1 Å². The normalized spacial score (nSPS) is 15.6. The Labute approximate surface area is 214 Å². The summed E-state index contributed by atoms with van der Waals surface area (Å²) in [5.74, 6) is -0.293. The molecule has 1 saturated heterocycles. The van der Waals surface area contributed by atoms with Gasteiger partial charge in [0.1, 0.15) is 17.2 Å².